The second-order valence-electron chi connectivity index (χ2n) is 6.90. The lowest BCUT2D eigenvalue weighted by molar-refractivity contribution is -0.143. The molecule has 0 bridgehead atoms. The number of carbonyl (C=O) groups is 1. The van der Waals surface area contributed by atoms with E-state index in [1.165, 1.54) is 0 Å². The van der Waals surface area contributed by atoms with Crippen LogP contribution in [-0.2, 0) is 47.4 Å². The molecule has 0 aliphatic carbocycles. The van der Waals surface area contributed by atoms with Crippen LogP contribution in [0.4, 0.5) is 0 Å². The molecule has 0 N–H and O–H groups in total. The Hall–Kier alpha value is -0.850. The minimum Gasteiger partial charge on any atom is -0.466 e. The maximum Gasteiger partial charge on any atom is 0.305 e. The summed E-state index contributed by atoms with van der Waals surface area (Å²) < 4.78 is 47.6. The van der Waals surface area contributed by atoms with Crippen molar-refractivity contribution in [3.63, 3.8) is 0 Å². The first-order valence-corrected chi connectivity index (χ1v) is 12.0. The third kappa shape index (κ3) is 29.1. The van der Waals surface area contributed by atoms with Crippen molar-refractivity contribution in [3.05, 3.63) is 0 Å². The molecule has 0 spiro atoms. The van der Waals surface area contributed by atoms with Crippen LogP contribution < -0.4 is 0 Å². The molecule has 0 unspecified atom stereocenters. The van der Waals surface area contributed by atoms with Crippen LogP contribution in [0, 0.1) is 0 Å². The summed E-state index contributed by atoms with van der Waals surface area (Å²) in [7, 11) is 1.64. The highest BCUT2D eigenvalue weighted by molar-refractivity contribution is 5.69. The van der Waals surface area contributed by atoms with Crippen molar-refractivity contribution in [1.29, 1.82) is 0 Å². The Labute approximate surface area is 199 Å². The van der Waals surface area contributed by atoms with E-state index in [0.717, 1.165) is 19.3 Å². The van der Waals surface area contributed by atoms with Gasteiger partial charge in [-0.25, -0.2) is 0 Å². The maximum absolute atomic E-state index is 11.2. The van der Waals surface area contributed by atoms with Gasteiger partial charge in [0.05, 0.1) is 99.1 Å². The average Bonchev–Trinajstić information content (AvgIpc) is 2.81. The van der Waals surface area contributed by atoms with E-state index in [9.17, 15) is 4.79 Å². The van der Waals surface area contributed by atoms with E-state index in [1.54, 1.807) is 7.11 Å². The Morgan fingerprint density at radius 1 is 0.485 bits per heavy atom. The molecule has 0 saturated heterocycles. The monoisotopic (exact) mass is 482 g/mol. The van der Waals surface area contributed by atoms with Crippen LogP contribution >= 0.6 is 0 Å². The van der Waals surface area contributed by atoms with Crippen LogP contribution in [0.5, 0.6) is 0 Å². The number of hydrogen-bond acceptors (Lipinski definition) is 10. The van der Waals surface area contributed by atoms with E-state index < -0.39 is 0 Å². The molecule has 0 radical (unpaired) electrons. The van der Waals surface area contributed by atoms with Crippen molar-refractivity contribution in [3.8, 4) is 0 Å². The molecule has 0 aromatic carbocycles. The van der Waals surface area contributed by atoms with Crippen molar-refractivity contribution in [2.45, 2.75) is 32.6 Å². The summed E-state index contributed by atoms with van der Waals surface area (Å²) >= 11 is 0. The van der Waals surface area contributed by atoms with Crippen molar-refractivity contribution >= 4 is 5.97 Å². The predicted octanol–water partition coefficient (Wildman–Crippen LogP) is 1.87. The summed E-state index contributed by atoms with van der Waals surface area (Å²) in [6.45, 7) is 10.6. The van der Waals surface area contributed by atoms with Gasteiger partial charge in [0.1, 0.15) is 0 Å². The first-order chi connectivity index (χ1) is 16.3. The first kappa shape index (κ1) is 32.1. The number of esters is 1. The largest absolute Gasteiger partial charge is 0.466 e. The summed E-state index contributed by atoms with van der Waals surface area (Å²) in [5, 5.41) is 0. The van der Waals surface area contributed by atoms with Crippen LogP contribution in [0.25, 0.3) is 0 Å². The van der Waals surface area contributed by atoms with Gasteiger partial charge in [-0.1, -0.05) is 6.42 Å². The summed E-state index contributed by atoms with van der Waals surface area (Å²) in [6, 6.07) is 0. The Morgan fingerprint density at radius 2 is 0.848 bits per heavy atom. The molecule has 198 valence electrons. The third-order valence-corrected chi connectivity index (χ3v) is 4.14. The van der Waals surface area contributed by atoms with Crippen LogP contribution in [0.15, 0.2) is 0 Å². The van der Waals surface area contributed by atoms with Crippen LogP contribution in [0.2, 0.25) is 0 Å². The first-order valence-electron chi connectivity index (χ1n) is 12.0. The van der Waals surface area contributed by atoms with Crippen LogP contribution in [0.1, 0.15) is 32.6 Å². The van der Waals surface area contributed by atoms with Gasteiger partial charge >= 0.3 is 5.97 Å². The highest BCUT2D eigenvalue weighted by Crippen LogP contribution is 2.01. The molecule has 0 heterocycles. The lowest BCUT2D eigenvalue weighted by Gasteiger charge is -2.08. The van der Waals surface area contributed by atoms with E-state index in [-0.39, 0.29) is 5.97 Å². The van der Waals surface area contributed by atoms with E-state index >= 15 is 0 Å². The van der Waals surface area contributed by atoms with Gasteiger partial charge in [0.15, 0.2) is 0 Å². The molecular weight excluding hydrogens is 436 g/mol. The zero-order valence-electron chi connectivity index (χ0n) is 20.7. The lowest BCUT2D eigenvalue weighted by Crippen LogP contribution is -2.14. The third-order valence-electron chi connectivity index (χ3n) is 4.14. The Kier molecular flexibility index (Phi) is 28.4. The molecule has 0 aliphatic heterocycles. The van der Waals surface area contributed by atoms with Crippen molar-refractivity contribution in [1.82, 2.24) is 0 Å². The number of ether oxygens (including phenoxy) is 9. The lowest BCUT2D eigenvalue weighted by atomic mass is 10.2. The normalized spacial score (nSPS) is 11.2. The molecule has 0 amide bonds. The summed E-state index contributed by atoms with van der Waals surface area (Å²) in [6.07, 6.45) is 3.22. The minimum absolute atomic E-state index is 0.122. The van der Waals surface area contributed by atoms with Crippen molar-refractivity contribution in [2.75, 3.05) is 113 Å². The number of unbranched alkanes of at least 4 members (excludes halogenated alkanes) is 2. The van der Waals surface area contributed by atoms with Gasteiger partial charge in [-0.2, -0.15) is 0 Å². The quantitative estimate of drug-likeness (QED) is 0.121. The van der Waals surface area contributed by atoms with Crippen LogP contribution in [-0.4, -0.2) is 119 Å². The Morgan fingerprint density at radius 3 is 1.21 bits per heavy atom. The highest BCUT2D eigenvalue weighted by Gasteiger charge is 2.00. The van der Waals surface area contributed by atoms with Gasteiger partial charge in [-0.05, 0) is 19.8 Å². The zero-order valence-corrected chi connectivity index (χ0v) is 20.7. The zero-order chi connectivity index (χ0) is 24.1. The molecule has 0 atom stereocenters. The SMILES string of the molecule is CCOC(=O)CCCCCOCCOCCOCCOCCOCCOCCOCCOC. The number of carbonyl (C=O) groups excluding carboxylic acids is 1. The molecule has 0 fully saturated rings. The molecule has 0 rings (SSSR count). The highest BCUT2D eigenvalue weighted by atomic mass is 16.6. The van der Waals surface area contributed by atoms with Gasteiger partial charge in [-0.3, -0.25) is 4.79 Å². The fraction of sp³-hybridized carbons (Fsp3) is 0.957. The topological polar surface area (TPSA) is 100 Å². The summed E-state index contributed by atoms with van der Waals surface area (Å²) in [4.78, 5) is 11.2. The second-order valence-corrected chi connectivity index (χ2v) is 6.90. The van der Waals surface area contributed by atoms with Gasteiger partial charge in [-0.15, -0.1) is 0 Å². The molecule has 33 heavy (non-hydrogen) atoms. The fourth-order valence-corrected chi connectivity index (χ4v) is 2.45. The van der Waals surface area contributed by atoms with Gasteiger partial charge in [0, 0.05) is 20.1 Å². The molecular formula is C23H46O10. The summed E-state index contributed by atoms with van der Waals surface area (Å²) in [5.41, 5.74) is 0. The van der Waals surface area contributed by atoms with Gasteiger partial charge in [0.2, 0.25) is 0 Å². The maximum atomic E-state index is 11.2. The van der Waals surface area contributed by atoms with Gasteiger partial charge < -0.3 is 42.6 Å². The number of hydrogen-bond donors (Lipinski definition) is 0. The molecule has 0 saturated carbocycles. The summed E-state index contributed by atoms with van der Waals surface area (Å²) in [5.74, 6) is -0.122. The van der Waals surface area contributed by atoms with Crippen molar-refractivity contribution < 1.29 is 47.4 Å². The predicted molar refractivity (Wildman–Crippen MR) is 123 cm³/mol. The van der Waals surface area contributed by atoms with E-state index in [1.807, 2.05) is 6.92 Å². The van der Waals surface area contributed by atoms with Crippen molar-refractivity contribution in [2.24, 2.45) is 0 Å². The number of rotatable bonds is 28. The molecule has 0 aromatic heterocycles. The van der Waals surface area contributed by atoms with E-state index in [4.69, 9.17) is 42.6 Å². The number of methoxy groups -OCH3 is 1. The second kappa shape index (κ2) is 29.2. The standard InChI is InChI=1S/C23H46O10/c1-3-33-23(24)7-5-4-6-8-26-11-12-28-15-16-30-19-20-32-22-21-31-18-17-29-14-13-27-10-9-25-2/h3-22H2,1-2H3. The van der Waals surface area contributed by atoms with Crippen LogP contribution in [0.3, 0.4) is 0 Å². The van der Waals surface area contributed by atoms with E-state index in [2.05, 4.69) is 0 Å². The van der Waals surface area contributed by atoms with Gasteiger partial charge in [0.25, 0.3) is 0 Å². The smallest absolute Gasteiger partial charge is 0.305 e. The molecule has 0 aromatic rings. The minimum atomic E-state index is -0.122. The molecule has 10 nitrogen and oxygen atoms in total. The Balaban J connectivity index is 3.03. The molecule has 10 heteroatoms. The Bertz CT molecular complexity index is 384. The fourth-order valence-electron chi connectivity index (χ4n) is 2.45. The van der Waals surface area contributed by atoms with E-state index in [0.29, 0.717) is 112 Å². The average molecular weight is 483 g/mol. The molecule has 0 aliphatic rings.